The highest BCUT2D eigenvalue weighted by molar-refractivity contribution is 7.22. The zero-order valence-corrected chi connectivity index (χ0v) is 18.0. The lowest BCUT2D eigenvalue weighted by molar-refractivity contribution is -0.130. The number of amides is 3. The van der Waals surface area contributed by atoms with Crippen molar-refractivity contribution in [3.05, 3.63) is 48.0 Å². The third-order valence-corrected chi connectivity index (χ3v) is 6.44. The highest BCUT2D eigenvalue weighted by Gasteiger charge is 2.24. The van der Waals surface area contributed by atoms with Crippen LogP contribution in [-0.2, 0) is 14.3 Å². The van der Waals surface area contributed by atoms with Crippen LogP contribution in [-0.4, -0.2) is 49.0 Å². The van der Waals surface area contributed by atoms with Crippen LogP contribution in [0.15, 0.2) is 42.5 Å². The molecule has 5 rings (SSSR count). The third kappa shape index (κ3) is 4.14. The van der Waals surface area contributed by atoms with Gasteiger partial charge in [-0.15, -0.1) is 0 Å². The van der Waals surface area contributed by atoms with Gasteiger partial charge in [-0.25, -0.2) is 9.99 Å². The fraction of sp³-hybridized carbons (Fsp3) is 0.273. The molecule has 3 heterocycles. The van der Waals surface area contributed by atoms with E-state index < -0.39 is 0 Å². The molecule has 2 aliphatic rings. The monoisotopic (exact) mass is 451 g/mol. The van der Waals surface area contributed by atoms with Crippen molar-refractivity contribution < 1.29 is 19.1 Å². The van der Waals surface area contributed by atoms with E-state index in [0.717, 1.165) is 28.4 Å². The van der Waals surface area contributed by atoms with E-state index >= 15 is 0 Å². The minimum atomic E-state index is -0.261. The number of ether oxygens (including phenoxy) is 1. The summed E-state index contributed by atoms with van der Waals surface area (Å²) in [5.41, 5.74) is 5.08. The summed E-state index contributed by atoms with van der Waals surface area (Å²) in [4.78, 5) is 43.2. The smallest absolute Gasteiger partial charge is 0.255 e. The molecule has 0 radical (unpaired) electrons. The molecule has 0 unspecified atom stereocenters. The molecule has 0 spiro atoms. The number of benzene rings is 2. The Morgan fingerprint density at radius 3 is 2.62 bits per heavy atom. The van der Waals surface area contributed by atoms with Crippen LogP contribution in [0.25, 0.3) is 10.2 Å². The van der Waals surface area contributed by atoms with Gasteiger partial charge in [0, 0.05) is 37.2 Å². The molecule has 0 atom stereocenters. The van der Waals surface area contributed by atoms with Gasteiger partial charge in [-0.2, -0.15) is 0 Å². The molecule has 0 saturated carbocycles. The molecule has 3 aromatic rings. The average molecular weight is 452 g/mol. The maximum Gasteiger partial charge on any atom is 0.255 e. The van der Waals surface area contributed by atoms with Gasteiger partial charge in [0.15, 0.2) is 5.13 Å². The second-order valence-corrected chi connectivity index (χ2v) is 8.55. The van der Waals surface area contributed by atoms with Gasteiger partial charge in [0.25, 0.3) is 5.91 Å². The molecule has 2 fully saturated rings. The van der Waals surface area contributed by atoms with Gasteiger partial charge in [0.1, 0.15) is 0 Å². The number of morpholine rings is 1. The fourth-order valence-corrected chi connectivity index (χ4v) is 4.69. The van der Waals surface area contributed by atoms with Gasteiger partial charge in [-0.3, -0.25) is 19.8 Å². The SMILES string of the molecule is O=C1CCC(=O)N(c2ccc(C(=O)Nc3ccc4nc(N5CCOCC5)sc4c3)cc2)N1. The Morgan fingerprint density at radius 1 is 1.06 bits per heavy atom. The first-order valence-electron chi connectivity index (χ1n) is 10.3. The summed E-state index contributed by atoms with van der Waals surface area (Å²) in [7, 11) is 0. The van der Waals surface area contributed by atoms with Gasteiger partial charge >= 0.3 is 0 Å². The van der Waals surface area contributed by atoms with Crippen molar-refractivity contribution >= 4 is 55.8 Å². The number of hydrogen-bond acceptors (Lipinski definition) is 7. The molecular formula is C22H21N5O4S. The Bertz CT molecular complexity index is 1190. The Balaban J connectivity index is 1.28. The van der Waals surface area contributed by atoms with Crippen molar-refractivity contribution in [1.29, 1.82) is 0 Å². The summed E-state index contributed by atoms with van der Waals surface area (Å²) in [6.45, 7) is 3.06. The normalized spacial score (nSPS) is 16.9. The molecule has 3 amide bonds. The van der Waals surface area contributed by atoms with Crippen LogP contribution in [0.5, 0.6) is 0 Å². The first-order chi connectivity index (χ1) is 15.6. The summed E-state index contributed by atoms with van der Waals surface area (Å²) >= 11 is 1.60. The first-order valence-corrected chi connectivity index (χ1v) is 11.2. The van der Waals surface area contributed by atoms with Gasteiger partial charge in [0.2, 0.25) is 11.8 Å². The zero-order valence-electron chi connectivity index (χ0n) is 17.2. The number of nitrogens with one attached hydrogen (secondary N) is 2. The lowest BCUT2D eigenvalue weighted by Gasteiger charge is -2.27. The van der Waals surface area contributed by atoms with Crippen molar-refractivity contribution in [1.82, 2.24) is 10.4 Å². The molecule has 2 saturated heterocycles. The topological polar surface area (TPSA) is 104 Å². The minimum Gasteiger partial charge on any atom is -0.378 e. The Morgan fingerprint density at radius 2 is 1.84 bits per heavy atom. The van der Waals surface area contributed by atoms with Crippen LogP contribution in [0.1, 0.15) is 23.2 Å². The van der Waals surface area contributed by atoms with E-state index in [2.05, 4.69) is 15.6 Å². The van der Waals surface area contributed by atoms with Gasteiger partial charge in [0.05, 0.1) is 29.1 Å². The largest absolute Gasteiger partial charge is 0.378 e. The molecule has 2 aromatic carbocycles. The first kappa shape index (κ1) is 20.4. The van der Waals surface area contributed by atoms with Gasteiger partial charge < -0.3 is 15.0 Å². The van der Waals surface area contributed by atoms with E-state index in [4.69, 9.17) is 9.72 Å². The second-order valence-electron chi connectivity index (χ2n) is 7.54. The predicted octanol–water partition coefficient (Wildman–Crippen LogP) is 2.54. The number of hydrogen-bond donors (Lipinski definition) is 2. The molecule has 0 bridgehead atoms. The quantitative estimate of drug-likeness (QED) is 0.632. The molecule has 2 N–H and O–H groups in total. The third-order valence-electron chi connectivity index (χ3n) is 5.36. The van der Waals surface area contributed by atoms with E-state index in [9.17, 15) is 14.4 Å². The molecule has 10 heteroatoms. The van der Waals surface area contributed by atoms with Crippen molar-refractivity contribution in [2.75, 3.05) is 41.5 Å². The van der Waals surface area contributed by atoms with Crippen molar-refractivity contribution in [2.45, 2.75) is 12.8 Å². The van der Waals surface area contributed by atoms with Crippen LogP contribution in [0.3, 0.4) is 0 Å². The Labute approximate surface area is 187 Å². The van der Waals surface area contributed by atoms with E-state index in [-0.39, 0.29) is 30.6 Å². The van der Waals surface area contributed by atoms with E-state index in [0.29, 0.717) is 30.2 Å². The highest BCUT2D eigenvalue weighted by atomic mass is 32.1. The maximum atomic E-state index is 12.7. The maximum absolute atomic E-state index is 12.7. The van der Waals surface area contributed by atoms with Crippen LogP contribution >= 0.6 is 11.3 Å². The Kier molecular flexibility index (Phi) is 5.46. The molecule has 164 valence electrons. The summed E-state index contributed by atoms with van der Waals surface area (Å²) < 4.78 is 6.40. The van der Waals surface area contributed by atoms with Crippen LogP contribution < -0.4 is 20.7 Å². The lowest BCUT2D eigenvalue weighted by Crippen LogP contribution is -2.50. The molecule has 32 heavy (non-hydrogen) atoms. The molecule has 1 aromatic heterocycles. The summed E-state index contributed by atoms with van der Waals surface area (Å²) in [5.74, 6) is -0.652. The standard InChI is InChI=1S/C22H21N5O4S/c28-19-7-8-20(29)27(25-19)16-4-1-14(2-5-16)21(30)23-15-3-6-17-18(13-15)32-22(24-17)26-9-11-31-12-10-26/h1-6,13H,7-12H2,(H,23,30)(H,25,28). The van der Waals surface area contributed by atoms with Gasteiger partial charge in [-0.05, 0) is 42.5 Å². The number of hydrazine groups is 1. The van der Waals surface area contributed by atoms with E-state index in [1.165, 1.54) is 5.01 Å². The van der Waals surface area contributed by atoms with Crippen LogP contribution in [0.2, 0.25) is 0 Å². The number of fused-ring (bicyclic) bond motifs is 1. The molecule has 2 aliphatic heterocycles. The molecule has 0 aliphatic carbocycles. The van der Waals surface area contributed by atoms with Crippen LogP contribution in [0, 0.1) is 0 Å². The minimum absolute atomic E-state index is 0.168. The van der Waals surface area contributed by atoms with Crippen molar-refractivity contribution in [3.8, 4) is 0 Å². The fourth-order valence-electron chi connectivity index (χ4n) is 3.63. The number of anilines is 3. The zero-order chi connectivity index (χ0) is 22.1. The van der Waals surface area contributed by atoms with E-state index in [1.54, 1.807) is 35.6 Å². The molecular weight excluding hydrogens is 430 g/mol. The van der Waals surface area contributed by atoms with Crippen molar-refractivity contribution in [3.63, 3.8) is 0 Å². The number of aromatic nitrogens is 1. The van der Waals surface area contributed by atoms with Crippen LogP contribution in [0.4, 0.5) is 16.5 Å². The highest BCUT2D eigenvalue weighted by Crippen LogP contribution is 2.31. The number of rotatable bonds is 4. The second kappa shape index (κ2) is 8.56. The number of carbonyl (C=O) groups excluding carboxylic acids is 3. The lowest BCUT2D eigenvalue weighted by atomic mass is 10.1. The molecule has 9 nitrogen and oxygen atoms in total. The summed E-state index contributed by atoms with van der Waals surface area (Å²) in [5, 5.41) is 5.09. The number of thiazole rings is 1. The average Bonchev–Trinajstić information content (AvgIpc) is 3.25. The summed E-state index contributed by atoms with van der Waals surface area (Å²) in [6, 6.07) is 12.2. The van der Waals surface area contributed by atoms with Crippen molar-refractivity contribution in [2.24, 2.45) is 0 Å². The number of nitrogens with zero attached hydrogens (tertiary/aromatic N) is 3. The van der Waals surface area contributed by atoms with E-state index in [1.807, 2.05) is 18.2 Å². The predicted molar refractivity (Wildman–Crippen MR) is 122 cm³/mol. The Hall–Kier alpha value is -3.50. The number of carbonyl (C=O) groups is 3. The van der Waals surface area contributed by atoms with Gasteiger partial charge in [-0.1, -0.05) is 11.3 Å². The summed E-state index contributed by atoms with van der Waals surface area (Å²) in [6.07, 6.45) is 0.356.